The average Bonchev–Trinajstić information content (AvgIpc) is 2.63. The molecule has 1 aromatic rings. The van der Waals surface area contributed by atoms with Crippen molar-refractivity contribution >= 4 is 5.91 Å². The lowest BCUT2D eigenvalue weighted by Crippen LogP contribution is -2.52. The summed E-state index contributed by atoms with van der Waals surface area (Å²) >= 11 is 0. The molecule has 0 unspecified atom stereocenters. The third-order valence-corrected chi connectivity index (χ3v) is 4.29. The quantitative estimate of drug-likeness (QED) is 0.695. The van der Waals surface area contributed by atoms with Crippen LogP contribution in [0.3, 0.4) is 0 Å². The molecular weight excluding hydrogens is 320 g/mol. The minimum Gasteiger partial charge on any atom is -0.475 e. The number of rotatable bonds is 7. The molecule has 1 amide bonds. The van der Waals surface area contributed by atoms with Crippen LogP contribution in [0.1, 0.15) is 24.2 Å². The van der Waals surface area contributed by atoms with E-state index in [1.165, 1.54) is 0 Å². The summed E-state index contributed by atoms with van der Waals surface area (Å²) in [5.41, 5.74) is 0.466. The molecule has 7 nitrogen and oxygen atoms in total. The molecule has 1 aliphatic heterocycles. The zero-order valence-corrected chi connectivity index (χ0v) is 15.1. The third kappa shape index (κ3) is 4.91. The van der Waals surface area contributed by atoms with E-state index in [0.717, 1.165) is 0 Å². The Hall–Kier alpha value is -2.17. The maximum absolute atomic E-state index is 12.8. The van der Waals surface area contributed by atoms with Crippen molar-refractivity contribution in [2.24, 2.45) is 5.92 Å². The number of hydrogen-bond donors (Lipinski definition) is 0. The highest BCUT2D eigenvalue weighted by Gasteiger charge is 2.29. The lowest BCUT2D eigenvalue weighted by atomic mass is 10.0. The summed E-state index contributed by atoms with van der Waals surface area (Å²) in [5, 5.41) is 9.33. The van der Waals surface area contributed by atoms with Gasteiger partial charge in [-0.25, -0.2) is 4.98 Å². The van der Waals surface area contributed by atoms with Gasteiger partial charge in [-0.1, -0.05) is 13.8 Å². The Labute approximate surface area is 149 Å². The van der Waals surface area contributed by atoms with Gasteiger partial charge in [0.2, 0.25) is 5.88 Å². The normalized spacial score (nSPS) is 16.5. The number of ether oxygens (including phenoxy) is 2. The van der Waals surface area contributed by atoms with Crippen molar-refractivity contribution < 1.29 is 14.3 Å². The molecule has 1 atom stereocenters. The van der Waals surface area contributed by atoms with E-state index in [1.807, 2.05) is 13.8 Å². The first-order chi connectivity index (χ1) is 12.1. The second kappa shape index (κ2) is 9.35. The highest BCUT2D eigenvalue weighted by atomic mass is 16.5. The van der Waals surface area contributed by atoms with Gasteiger partial charge in [0.25, 0.3) is 5.91 Å². The molecule has 2 heterocycles. The van der Waals surface area contributed by atoms with Crippen LogP contribution in [0.4, 0.5) is 0 Å². The van der Waals surface area contributed by atoms with Gasteiger partial charge in [-0.05, 0) is 18.1 Å². The number of piperazine rings is 1. The molecule has 0 saturated carbocycles. The van der Waals surface area contributed by atoms with E-state index in [9.17, 15) is 10.1 Å². The first kappa shape index (κ1) is 19.2. The first-order valence-corrected chi connectivity index (χ1v) is 8.58. The van der Waals surface area contributed by atoms with Crippen LogP contribution in [0.25, 0.3) is 0 Å². The summed E-state index contributed by atoms with van der Waals surface area (Å²) in [4.78, 5) is 20.9. The lowest BCUT2D eigenvalue weighted by molar-refractivity contribution is 0.0570. The summed E-state index contributed by atoms with van der Waals surface area (Å²) in [7, 11) is 1.60. The van der Waals surface area contributed by atoms with E-state index in [4.69, 9.17) is 9.47 Å². The van der Waals surface area contributed by atoms with Crippen molar-refractivity contribution in [1.29, 1.82) is 5.26 Å². The summed E-state index contributed by atoms with van der Waals surface area (Å²) < 4.78 is 10.5. The van der Waals surface area contributed by atoms with Crippen molar-refractivity contribution in [3.63, 3.8) is 0 Å². The van der Waals surface area contributed by atoms with Crippen LogP contribution < -0.4 is 4.74 Å². The summed E-state index contributed by atoms with van der Waals surface area (Å²) in [6.45, 7) is 7.46. The minimum absolute atomic E-state index is 0.0850. The maximum Gasteiger partial charge on any atom is 0.259 e. The highest BCUT2D eigenvalue weighted by molar-refractivity contribution is 5.96. The predicted molar refractivity (Wildman–Crippen MR) is 93.3 cm³/mol. The van der Waals surface area contributed by atoms with Crippen LogP contribution in [0.2, 0.25) is 0 Å². The molecule has 1 aliphatic rings. The SMILES string of the molecule is COCCOc1ncccc1C(=O)N1CCN([C@@H](C#N)C(C)C)CC1. The van der Waals surface area contributed by atoms with E-state index in [2.05, 4.69) is 16.0 Å². The van der Waals surface area contributed by atoms with Gasteiger partial charge in [0, 0.05) is 39.5 Å². The maximum atomic E-state index is 12.8. The van der Waals surface area contributed by atoms with Gasteiger partial charge < -0.3 is 14.4 Å². The lowest BCUT2D eigenvalue weighted by Gasteiger charge is -2.38. The van der Waals surface area contributed by atoms with Gasteiger partial charge in [-0.2, -0.15) is 5.26 Å². The Morgan fingerprint density at radius 3 is 2.64 bits per heavy atom. The van der Waals surface area contributed by atoms with Crippen molar-refractivity contribution in [3.8, 4) is 11.9 Å². The largest absolute Gasteiger partial charge is 0.475 e. The Morgan fingerprint density at radius 2 is 2.04 bits per heavy atom. The van der Waals surface area contributed by atoms with E-state index in [-0.39, 0.29) is 17.9 Å². The van der Waals surface area contributed by atoms with Crippen LogP contribution in [0, 0.1) is 17.2 Å². The van der Waals surface area contributed by atoms with Gasteiger partial charge in [-0.15, -0.1) is 0 Å². The fourth-order valence-electron chi connectivity index (χ4n) is 2.92. The summed E-state index contributed by atoms with van der Waals surface area (Å²) in [6.07, 6.45) is 1.61. The Balaban J connectivity index is 2.00. The fraction of sp³-hybridized carbons (Fsp3) is 0.611. The highest BCUT2D eigenvalue weighted by Crippen LogP contribution is 2.19. The Kier molecular flexibility index (Phi) is 7.16. The molecule has 25 heavy (non-hydrogen) atoms. The van der Waals surface area contributed by atoms with Crippen molar-refractivity contribution in [2.45, 2.75) is 19.9 Å². The Bertz CT molecular complexity index is 607. The minimum atomic E-state index is -0.108. The molecule has 7 heteroatoms. The topological polar surface area (TPSA) is 78.7 Å². The van der Waals surface area contributed by atoms with Gasteiger partial charge >= 0.3 is 0 Å². The zero-order valence-electron chi connectivity index (χ0n) is 15.1. The van der Waals surface area contributed by atoms with E-state index in [1.54, 1.807) is 30.3 Å². The van der Waals surface area contributed by atoms with Crippen molar-refractivity contribution in [1.82, 2.24) is 14.8 Å². The smallest absolute Gasteiger partial charge is 0.259 e. The molecule has 1 aromatic heterocycles. The molecule has 0 N–H and O–H groups in total. The molecular formula is C18H26N4O3. The third-order valence-electron chi connectivity index (χ3n) is 4.29. The average molecular weight is 346 g/mol. The van der Waals surface area contributed by atoms with Crippen LogP contribution in [0.15, 0.2) is 18.3 Å². The summed E-state index contributed by atoms with van der Waals surface area (Å²) in [5.74, 6) is 0.522. The molecule has 0 radical (unpaired) electrons. The molecule has 0 aliphatic carbocycles. The zero-order chi connectivity index (χ0) is 18.2. The van der Waals surface area contributed by atoms with Gasteiger partial charge in [0.05, 0.1) is 12.7 Å². The number of nitriles is 1. The van der Waals surface area contributed by atoms with Gasteiger partial charge in [0.1, 0.15) is 18.2 Å². The van der Waals surface area contributed by atoms with E-state index >= 15 is 0 Å². The monoisotopic (exact) mass is 346 g/mol. The predicted octanol–water partition coefficient (Wildman–Crippen LogP) is 1.41. The van der Waals surface area contributed by atoms with E-state index < -0.39 is 0 Å². The molecule has 0 aromatic carbocycles. The number of aromatic nitrogens is 1. The van der Waals surface area contributed by atoms with Gasteiger partial charge in [0.15, 0.2) is 0 Å². The number of hydrogen-bond acceptors (Lipinski definition) is 6. The van der Waals surface area contributed by atoms with Crippen LogP contribution in [-0.2, 0) is 4.74 Å². The summed E-state index contributed by atoms with van der Waals surface area (Å²) in [6, 6.07) is 5.72. The molecule has 2 rings (SSSR count). The first-order valence-electron chi connectivity index (χ1n) is 8.58. The number of pyridine rings is 1. The van der Waals surface area contributed by atoms with Crippen LogP contribution >= 0.6 is 0 Å². The number of nitrogens with zero attached hydrogens (tertiary/aromatic N) is 4. The van der Waals surface area contributed by atoms with Crippen LogP contribution in [-0.4, -0.2) is 73.2 Å². The number of amides is 1. The second-order valence-corrected chi connectivity index (χ2v) is 6.34. The molecule has 136 valence electrons. The molecule has 1 saturated heterocycles. The standard InChI is InChI=1S/C18H26N4O3/c1-14(2)16(13-19)21-7-9-22(10-8-21)18(23)15-5-4-6-20-17(15)25-12-11-24-3/h4-6,14,16H,7-12H2,1-3H3/t16-/m0/s1. The molecule has 1 fully saturated rings. The molecule has 0 bridgehead atoms. The van der Waals surface area contributed by atoms with E-state index in [0.29, 0.717) is 50.8 Å². The van der Waals surface area contributed by atoms with Crippen molar-refractivity contribution in [2.75, 3.05) is 46.5 Å². The fourth-order valence-corrected chi connectivity index (χ4v) is 2.92. The second-order valence-electron chi connectivity index (χ2n) is 6.34. The number of methoxy groups -OCH3 is 1. The van der Waals surface area contributed by atoms with Crippen LogP contribution in [0.5, 0.6) is 5.88 Å². The Morgan fingerprint density at radius 1 is 1.32 bits per heavy atom. The number of carbonyl (C=O) groups is 1. The van der Waals surface area contributed by atoms with Gasteiger partial charge in [-0.3, -0.25) is 9.69 Å². The van der Waals surface area contributed by atoms with Crippen molar-refractivity contribution in [3.05, 3.63) is 23.9 Å². The number of carbonyl (C=O) groups excluding carboxylic acids is 1. The molecule has 0 spiro atoms.